The Labute approximate surface area is 96.8 Å². The molecule has 0 unspecified atom stereocenters. The largest absolute Gasteiger partial charge is 0.480 e. The molecule has 1 aromatic rings. The van der Waals surface area contributed by atoms with Gasteiger partial charge < -0.3 is 4.74 Å². The van der Waals surface area contributed by atoms with E-state index in [0.29, 0.717) is 23.8 Å². The maximum atomic E-state index is 12.0. The summed E-state index contributed by atoms with van der Waals surface area (Å²) in [5, 5.41) is 0. The number of ketones is 1. The quantitative estimate of drug-likeness (QED) is 0.693. The van der Waals surface area contributed by atoms with Crippen LogP contribution in [0.15, 0.2) is 18.3 Å². The SMILES string of the molecule is CCC(CC)CC(=O)c1cccnc1OC. The first-order valence-electron chi connectivity index (χ1n) is 5.75. The Bertz CT molecular complexity index is 346. The summed E-state index contributed by atoms with van der Waals surface area (Å²) in [7, 11) is 1.54. The van der Waals surface area contributed by atoms with Crippen LogP contribution in [0, 0.1) is 5.92 Å². The number of carbonyl (C=O) groups excluding carboxylic acids is 1. The molecular weight excluding hydrogens is 202 g/mol. The minimum atomic E-state index is 0.124. The summed E-state index contributed by atoms with van der Waals surface area (Å²) in [6, 6.07) is 3.54. The van der Waals surface area contributed by atoms with Crippen LogP contribution >= 0.6 is 0 Å². The zero-order valence-corrected chi connectivity index (χ0v) is 10.2. The number of nitrogens with zero attached hydrogens (tertiary/aromatic N) is 1. The molecule has 0 aliphatic carbocycles. The summed E-state index contributed by atoms with van der Waals surface area (Å²) in [6.45, 7) is 4.23. The van der Waals surface area contributed by atoms with Gasteiger partial charge in [0.2, 0.25) is 5.88 Å². The third-order valence-electron chi connectivity index (χ3n) is 2.89. The zero-order chi connectivity index (χ0) is 12.0. The van der Waals surface area contributed by atoms with E-state index in [4.69, 9.17) is 4.74 Å². The summed E-state index contributed by atoms with van der Waals surface area (Å²) in [4.78, 5) is 16.1. The summed E-state index contributed by atoms with van der Waals surface area (Å²) >= 11 is 0. The minimum Gasteiger partial charge on any atom is -0.480 e. The minimum absolute atomic E-state index is 0.124. The molecule has 0 N–H and O–H groups in total. The summed E-state index contributed by atoms with van der Waals surface area (Å²) in [5.74, 6) is 1.01. The number of Topliss-reactive ketones (excluding diaryl/α,β-unsaturated/α-hetero) is 1. The first kappa shape index (κ1) is 12.7. The molecule has 88 valence electrons. The van der Waals surface area contributed by atoms with Gasteiger partial charge in [0, 0.05) is 12.6 Å². The van der Waals surface area contributed by atoms with Gasteiger partial charge in [0.05, 0.1) is 12.7 Å². The van der Waals surface area contributed by atoms with Crippen LogP contribution in [0.5, 0.6) is 5.88 Å². The highest BCUT2D eigenvalue weighted by molar-refractivity contribution is 5.98. The molecule has 0 saturated carbocycles. The fourth-order valence-electron chi connectivity index (χ4n) is 1.72. The number of carbonyl (C=O) groups is 1. The van der Waals surface area contributed by atoms with Crippen molar-refractivity contribution in [1.29, 1.82) is 0 Å². The van der Waals surface area contributed by atoms with Crippen LogP contribution in [0.4, 0.5) is 0 Å². The van der Waals surface area contributed by atoms with Gasteiger partial charge in [-0.2, -0.15) is 0 Å². The maximum absolute atomic E-state index is 12.0. The van der Waals surface area contributed by atoms with Gasteiger partial charge in [0.15, 0.2) is 5.78 Å². The van der Waals surface area contributed by atoms with Crippen molar-refractivity contribution >= 4 is 5.78 Å². The van der Waals surface area contributed by atoms with E-state index in [1.165, 1.54) is 7.11 Å². The van der Waals surface area contributed by atoms with Gasteiger partial charge in [-0.15, -0.1) is 0 Å². The summed E-state index contributed by atoms with van der Waals surface area (Å²) in [5.41, 5.74) is 0.594. The van der Waals surface area contributed by atoms with Crippen molar-refractivity contribution in [2.75, 3.05) is 7.11 Å². The molecule has 0 spiro atoms. The van der Waals surface area contributed by atoms with Gasteiger partial charge in [0.1, 0.15) is 0 Å². The maximum Gasteiger partial charge on any atom is 0.224 e. The van der Waals surface area contributed by atoms with Crippen LogP contribution in [0.1, 0.15) is 43.5 Å². The monoisotopic (exact) mass is 221 g/mol. The van der Waals surface area contributed by atoms with E-state index in [2.05, 4.69) is 18.8 Å². The van der Waals surface area contributed by atoms with Crippen LogP contribution in [0.3, 0.4) is 0 Å². The molecule has 0 aliphatic rings. The second-order valence-corrected chi connectivity index (χ2v) is 3.87. The predicted octanol–water partition coefficient (Wildman–Crippen LogP) is 3.10. The summed E-state index contributed by atoms with van der Waals surface area (Å²) in [6.07, 6.45) is 4.28. The van der Waals surface area contributed by atoms with Crippen molar-refractivity contribution in [2.45, 2.75) is 33.1 Å². The third-order valence-corrected chi connectivity index (χ3v) is 2.89. The van der Waals surface area contributed by atoms with Gasteiger partial charge in [-0.05, 0) is 18.1 Å². The number of pyridine rings is 1. The molecule has 0 aromatic carbocycles. The number of ether oxygens (including phenoxy) is 1. The Morgan fingerprint density at radius 1 is 1.44 bits per heavy atom. The molecule has 0 fully saturated rings. The van der Waals surface area contributed by atoms with E-state index in [-0.39, 0.29) is 5.78 Å². The molecule has 3 nitrogen and oxygen atoms in total. The highest BCUT2D eigenvalue weighted by Gasteiger charge is 2.16. The van der Waals surface area contributed by atoms with Gasteiger partial charge in [-0.1, -0.05) is 26.7 Å². The third kappa shape index (κ3) is 3.05. The molecule has 16 heavy (non-hydrogen) atoms. The van der Waals surface area contributed by atoms with Crippen LogP contribution < -0.4 is 4.74 Å². The Hall–Kier alpha value is -1.38. The first-order valence-corrected chi connectivity index (χ1v) is 5.75. The number of aromatic nitrogens is 1. The van der Waals surface area contributed by atoms with Crippen molar-refractivity contribution in [2.24, 2.45) is 5.92 Å². The lowest BCUT2D eigenvalue weighted by Crippen LogP contribution is -2.09. The van der Waals surface area contributed by atoms with E-state index in [1.54, 1.807) is 18.3 Å². The molecule has 0 radical (unpaired) electrons. The smallest absolute Gasteiger partial charge is 0.224 e. The topological polar surface area (TPSA) is 39.2 Å². The number of rotatable bonds is 6. The average Bonchev–Trinajstić information content (AvgIpc) is 2.35. The van der Waals surface area contributed by atoms with Crippen molar-refractivity contribution in [1.82, 2.24) is 4.98 Å². The van der Waals surface area contributed by atoms with Crippen LogP contribution in [0.25, 0.3) is 0 Å². The van der Waals surface area contributed by atoms with E-state index >= 15 is 0 Å². The van der Waals surface area contributed by atoms with Crippen LogP contribution in [0.2, 0.25) is 0 Å². The molecule has 0 aliphatic heterocycles. The first-order chi connectivity index (χ1) is 7.72. The molecule has 0 bridgehead atoms. The van der Waals surface area contributed by atoms with Crippen LogP contribution in [-0.2, 0) is 0 Å². The second kappa shape index (κ2) is 6.26. The zero-order valence-electron chi connectivity index (χ0n) is 10.2. The standard InChI is InChI=1S/C13H19NO2/c1-4-10(5-2)9-12(15)11-7-6-8-14-13(11)16-3/h6-8,10H,4-5,9H2,1-3H3. The number of hydrogen-bond acceptors (Lipinski definition) is 3. The number of methoxy groups -OCH3 is 1. The van der Waals surface area contributed by atoms with Gasteiger partial charge >= 0.3 is 0 Å². The highest BCUT2D eigenvalue weighted by atomic mass is 16.5. The molecule has 0 amide bonds. The summed E-state index contributed by atoms with van der Waals surface area (Å²) < 4.78 is 5.08. The fourth-order valence-corrected chi connectivity index (χ4v) is 1.72. The average molecular weight is 221 g/mol. The molecular formula is C13H19NO2. The van der Waals surface area contributed by atoms with Crippen molar-refractivity contribution in [3.05, 3.63) is 23.9 Å². The highest BCUT2D eigenvalue weighted by Crippen LogP contribution is 2.20. The van der Waals surface area contributed by atoms with E-state index in [0.717, 1.165) is 12.8 Å². The van der Waals surface area contributed by atoms with E-state index in [9.17, 15) is 4.79 Å². The molecule has 1 heterocycles. The predicted molar refractivity (Wildman–Crippen MR) is 63.8 cm³/mol. The van der Waals surface area contributed by atoms with Crippen LogP contribution in [-0.4, -0.2) is 17.9 Å². The Kier molecular flexibility index (Phi) is 4.96. The molecule has 0 saturated heterocycles. The molecule has 3 heteroatoms. The Morgan fingerprint density at radius 3 is 2.69 bits per heavy atom. The number of hydrogen-bond donors (Lipinski definition) is 0. The normalized spacial score (nSPS) is 10.5. The van der Waals surface area contributed by atoms with Crippen molar-refractivity contribution < 1.29 is 9.53 Å². The molecule has 1 rings (SSSR count). The van der Waals surface area contributed by atoms with Gasteiger partial charge in [-0.25, -0.2) is 4.98 Å². The van der Waals surface area contributed by atoms with Crippen molar-refractivity contribution in [3.63, 3.8) is 0 Å². The molecule has 0 atom stereocenters. The lowest BCUT2D eigenvalue weighted by molar-refractivity contribution is 0.0955. The Balaban J connectivity index is 2.79. The van der Waals surface area contributed by atoms with Gasteiger partial charge in [-0.3, -0.25) is 4.79 Å². The fraction of sp³-hybridized carbons (Fsp3) is 0.538. The van der Waals surface area contributed by atoms with E-state index < -0.39 is 0 Å². The molecule has 1 aromatic heterocycles. The lowest BCUT2D eigenvalue weighted by Gasteiger charge is -2.12. The van der Waals surface area contributed by atoms with Crippen molar-refractivity contribution in [3.8, 4) is 5.88 Å². The van der Waals surface area contributed by atoms with E-state index in [1.807, 2.05) is 0 Å². The Morgan fingerprint density at radius 2 is 2.12 bits per heavy atom. The second-order valence-electron chi connectivity index (χ2n) is 3.87. The van der Waals surface area contributed by atoms with Gasteiger partial charge in [0.25, 0.3) is 0 Å². The lowest BCUT2D eigenvalue weighted by atomic mass is 9.94.